The maximum absolute atomic E-state index is 6.40. The second-order valence-corrected chi connectivity index (χ2v) is 5.44. The minimum atomic E-state index is 0.485. The van der Waals surface area contributed by atoms with Gasteiger partial charge in [0.25, 0.3) is 0 Å². The summed E-state index contributed by atoms with van der Waals surface area (Å²) in [5.74, 6) is 0. The summed E-state index contributed by atoms with van der Waals surface area (Å²) in [6, 6.07) is 11.2. The monoisotopic (exact) mass is 322 g/mol. The van der Waals surface area contributed by atoms with Crippen molar-refractivity contribution in [2.24, 2.45) is 0 Å². The highest BCUT2D eigenvalue weighted by atomic mass is 35.5. The first-order chi connectivity index (χ1) is 9.68. The first-order valence-electron chi connectivity index (χ1n) is 5.90. The van der Waals surface area contributed by atoms with E-state index in [0.717, 1.165) is 22.3 Å². The summed E-state index contributed by atoms with van der Waals surface area (Å²) in [5, 5.41) is 8.38. The summed E-state index contributed by atoms with van der Waals surface area (Å²) >= 11 is 18.8. The van der Waals surface area contributed by atoms with Crippen LogP contribution in [0.3, 0.4) is 0 Å². The number of H-pyrrole nitrogens is 1. The first kappa shape index (κ1) is 13.5. The van der Waals surface area contributed by atoms with E-state index >= 15 is 0 Å². The molecule has 0 radical (unpaired) electrons. The number of nitrogens with one attached hydrogen (secondary N) is 1. The molecule has 2 nitrogen and oxygen atoms in total. The van der Waals surface area contributed by atoms with E-state index in [4.69, 9.17) is 34.8 Å². The Morgan fingerprint density at radius 2 is 1.65 bits per heavy atom. The van der Waals surface area contributed by atoms with Crippen molar-refractivity contribution in [3.63, 3.8) is 0 Å². The number of halogens is 3. The number of aromatic nitrogens is 2. The van der Waals surface area contributed by atoms with Crippen molar-refractivity contribution in [3.8, 4) is 22.3 Å². The van der Waals surface area contributed by atoms with Crippen molar-refractivity contribution in [2.75, 3.05) is 0 Å². The predicted octanol–water partition coefficient (Wildman–Crippen LogP) is 5.70. The molecule has 5 heteroatoms. The van der Waals surface area contributed by atoms with Crippen LogP contribution in [0.5, 0.6) is 0 Å². The Morgan fingerprint density at radius 3 is 2.35 bits per heavy atom. The molecule has 0 unspecified atom stereocenters. The molecule has 0 aliphatic rings. The number of rotatable bonds is 2. The van der Waals surface area contributed by atoms with Crippen LogP contribution in [0.2, 0.25) is 15.1 Å². The molecule has 0 fully saturated rings. The number of aromatic amines is 1. The summed E-state index contributed by atoms with van der Waals surface area (Å²) in [6.45, 7) is 0. The maximum Gasteiger partial charge on any atom is 0.0677 e. The molecule has 0 atom stereocenters. The van der Waals surface area contributed by atoms with Gasteiger partial charge in [0, 0.05) is 27.9 Å². The van der Waals surface area contributed by atoms with Crippen molar-refractivity contribution < 1.29 is 0 Å². The molecule has 100 valence electrons. The second kappa shape index (κ2) is 5.49. The van der Waals surface area contributed by atoms with E-state index < -0.39 is 0 Å². The van der Waals surface area contributed by atoms with Crippen LogP contribution in [0.25, 0.3) is 22.3 Å². The fourth-order valence-electron chi connectivity index (χ4n) is 2.12. The van der Waals surface area contributed by atoms with Gasteiger partial charge in [-0.3, -0.25) is 5.10 Å². The minimum Gasteiger partial charge on any atom is -0.285 e. The topological polar surface area (TPSA) is 28.7 Å². The van der Waals surface area contributed by atoms with Gasteiger partial charge >= 0.3 is 0 Å². The Kier molecular flexibility index (Phi) is 3.70. The predicted molar refractivity (Wildman–Crippen MR) is 84.5 cm³/mol. The third kappa shape index (κ3) is 2.31. The van der Waals surface area contributed by atoms with Crippen LogP contribution in [0, 0.1) is 0 Å². The van der Waals surface area contributed by atoms with Crippen LogP contribution in [0.15, 0.2) is 48.8 Å². The Labute approximate surface area is 131 Å². The Hall–Kier alpha value is -1.48. The largest absolute Gasteiger partial charge is 0.285 e. The van der Waals surface area contributed by atoms with E-state index in [1.165, 1.54) is 0 Å². The lowest BCUT2D eigenvalue weighted by Crippen LogP contribution is -1.88. The van der Waals surface area contributed by atoms with Crippen molar-refractivity contribution in [3.05, 3.63) is 63.9 Å². The van der Waals surface area contributed by atoms with Crippen molar-refractivity contribution >= 4 is 34.8 Å². The van der Waals surface area contributed by atoms with Gasteiger partial charge in [-0.2, -0.15) is 5.10 Å². The third-order valence-electron chi connectivity index (χ3n) is 3.05. The van der Waals surface area contributed by atoms with Crippen molar-refractivity contribution in [1.29, 1.82) is 0 Å². The van der Waals surface area contributed by atoms with E-state index in [2.05, 4.69) is 10.2 Å². The molecule has 0 aliphatic heterocycles. The molecule has 1 heterocycles. The van der Waals surface area contributed by atoms with E-state index in [-0.39, 0.29) is 0 Å². The number of hydrogen-bond donors (Lipinski definition) is 1. The number of nitrogens with zero attached hydrogens (tertiary/aromatic N) is 1. The lowest BCUT2D eigenvalue weighted by Gasteiger charge is -2.13. The van der Waals surface area contributed by atoms with E-state index in [1.807, 2.05) is 30.3 Å². The SMILES string of the molecule is Clc1ccccc1-c1c(-c2cn[nH]c2)ccc(Cl)c1Cl. The standard InChI is InChI=1S/C15H9Cl3N2/c16-12-4-2-1-3-11(12)14-10(9-7-19-20-8-9)5-6-13(17)15(14)18/h1-8H,(H,19,20). The lowest BCUT2D eigenvalue weighted by atomic mass is 9.96. The molecular formula is C15H9Cl3N2. The average Bonchev–Trinajstić information content (AvgIpc) is 2.97. The normalized spacial score (nSPS) is 10.8. The van der Waals surface area contributed by atoms with Gasteiger partial charge in [-0.25, -0.2) is 0 Å². The first-order valence-corrected chi connectivity index (χ1v) is 7.04. The van der Waals surface area contributed by atoms with Gasteiger partial charge in [0.15, 0.2) is 0 Å². The Bertz CT molecular complexity index is 752. The number of benzene rings is 2. The molecular weight excluding hydrogens is 315 g/mol. The fraction of sp³-hybridized carbons (Fsp3) is 0. The van der Waals surface area contributed by atoms with Gasteiger partial charge < -0.3 is 0 Å². The van der Waals surface area contributed by atoms with Gasteiger partial charge in [-0.05, 0) is 17.7 Å². The van der Waals surface area contributed by atoms with Gasteiger partial charge in [-0.1, -0.05) is 59.1 Å². The van der Waals surface area contributed by atoms with E-state index in [1.54, 1.807) is 18.5 Å². The molecule has 2 aromatic carbocycles. The molecule has 1 aromatic heterocycles. The van der Waals surface area contributed by atoms with Gasteiger partial charge in [-0.15, -0.1) is 0 Å². The maximum atomic E-state index is 6.40. The van der Waals surface area contributed by atoms with Crippen LogP contribution < -0.4 is 0 Å². The quantitative estimate of drug-likeness (QED) is 0.643. The molecule has 0 saturated carbocycles. The zero-order valence-electron chi connectivity index (χ0n) is 10.2. The molecule has 0 aliphatic carbocycles. The summed E-state index contributed by atoms with van der Waals surface area (Å²) in [7, 11) is 0. The second-order valence-electron chi connectivity index (χ2n) is 4.25. The highest BCUT2D eigenvalue weighted by Crippen LogP contribution is 2.43. The van der Waals surface area contributed by atoms with Crippen LogP contribution >= 0.6 is 34.8 Å². The summed E-state index contributed by atoms with van der Waals surface area (Å²) in [4.78, 5) is 0. The lowest BCUT2D eigenvalue weighted by molar-refractivity contribution is 1.09. The van der Waals surface area contributed by atoms with Gasteiger partial charge in [0.1, 0.15) is 0 Å². The van der Waals surface area contributed by atoms with Crippen molar-refractivity contribution in [1.82, 2.24) is 10.2 Å². The highest BCUT2D eigenvalue weighted by molar-refractivity contribution is 6.45. The summed E-state index contributed by atoms with van der Waals surface area (Å²) < 4.78 is 0. The molecule has 1 N–H and O–H groups in total. The molecule has 0 saturated heterocycles. The van der Waals surface area contributed by atoms with Gasteiger partial charge in [0.2, 0.25) is 0 Å². The summed E-state index contributed by atoms with van der Waals surface area (Å²) in [6.07, 6.45) is 3.54. The van der Waals surface area contributed by atoms with E-state index in [0.29, 0.717) is 15.1 Å². The highest BCUT2D eigenvalue weighted by Gasteiger charge is 2.16. The van der Waals surface area contributed by atoms with Crippen LogP contribution in [0.4, 0.5) is 0 Å². The molecule has 3 aromatic rings. The number of hydrogen-bond acceptors (Lipinski definition) is 1. The zero-order valence-corrected chi connectivity index (χ0v) is 12.5. The molecule has 20 heavy (non-hydrogen) atoms. The molecule has 0 spiro atoms. The average molecular weight is 324 g/mol. The molecule has 0 amide bonds. The fourth-order valence-corrected chi connectivity index (χ4v) is 2.77. The third-order valence-corrected chi connectivity index (χ3v) is 4.18. The smallest absolute Gasteiger partial charge is 0.0677 e. The van der Waals surface area contributed by atoms with Crippen molar-refractivity contribution in [2.45, 2.75) is 0 Å². The summed E-state index contributed by atoms with van der Waals surface area (Å²) in [5.41, 5.74) is 3.52. The van der Waals surface area contributed by atoms with Crippen LogP contribution in [0.1, 0.15) is 0 Å². The molecule has 0 bridgehead atoms. The Balaban J connectivity index is 2.34. The Morgan fingerprint density at radius 1 is 0.850 bits per heavy atom. The van der Waals surface area contributed by atoms with Crippen LogP contribution in [-0.2, 0) is 0 Å². The zero-order chi connectivity index (χ0) is 14.1. The van der Waals surface area contributed by atoms with E-state index in [9.17, 15) is 0 Å². The van der Waals surface area contributed by atoms with Gasteiger partial charge in [0.05, 0.1) is 16.2 Å². The minimum absolute atomic E-state index is 0.485. The van der Waals surface area contributed by atoms with Crippen LogP contribution in [-0.4, -0.2) is 10.2 Å². The molecule has 3 rings (SSSR count).